The molecule has 0 atom stereocenters. The first-order chi connectivity index (χ1) is 13.1. The van der Waals surface area contributed by atoms with Gasteiger partial charge in [0.15, 0.2) is 0 Å². The second-order valence-electron chi connectivity index (χ2n) is 5.65. The summed E-state index contributed by atoms with van der Waals surface area (Å²) in [6, 6.07) is 21.3. The fraction of sp³-hybridized carbons (Fsp3) is 0. The number of hydrogen-bond donors (Lipinski definition) is 1. The molecule has 0 aliphatic rings. The van der Waals surface area contributed by atoms with E-state index in [-0.39, 0.29) is 5.75 Å². The molecular formula is C22H16BrNO3. The molecule has 0 amide bonds. The van der Waals surface area contributed by atoms with Crippen molar-refractivity contribution < 1.29 is 14.6 Å². The summed E-state index contributed by atoms with van der Waals surface area (Å²) in [6.07, 6.45) is 4.79. The lowest BCUT2D eigenvalue weighted by Crippen LogP contribution is -2.03. The largest absolute Gasteiger partial charge is 0.508 e. The van der Waals surface area contributed by atoms with Crippen molar-refractivity contribution in [1.29, 1.82) is 0 Å². The van der Waals surface area contributed by atoms with Crippen LogP contribution in [-0.2, 0) is 4.79 Å². The zero-order chi connectivity index (χ0) is 19.1. The summed E-state index contributed by atoms with van der Waals surface area (Å²) < 4.78 is 6.23. The Morgan fingerprint density at radius 1 is 0.963 bits per heavy atom. The Morgan fingerprint density at radius 3 is 2.41 bits per heavy atom. The van der Waals surface area contributed by atoms with E-state index in [0.29, 0.717) is 5.75 Å². The summed E-state index contributed by atoms with van der Waals surface area (Å²) in [5.74, 6) is 0.218. The van der Waals surface area contributed by atoms with Crippen molar-refractivity contribution in [3.05, 3.63) is 94.5 Å². The molecule has 0 heterocycles. The van der Waals surface area contributed by atoms with Gasteiger partial charge in [0.05, 0.1) is 5.69 Å². The third kappa shape index (κ3) is 5.94. The van der Waals surface area contributed by atoms with Crippen LogP contribution in [0.15, 0.2) is 88.3 Å². The third-order valence-electron chi connectivity index (χ3n) is 3.57. The number of phenols is 1. The summed E-state index contributed by atoms with van der Waals surface area (Å²) in [7, 11) is 0. The fourth-order valence-corrected chi connectivity index (χ4v) is 2.65. The van der Waals surface area contributed by atoms with Gasteiger partial charge in [0.25, 0.3) is 0 Å². The molecule has 27 heavy (non-hydrogen) atoms. The van der Waals surface area contributed by atoms with E-state index in [9.17, 15) is 9.90 Å². The lowest BCUT2D eigenvalue weighted by atomic mass is 10.2. The molecule has 0 aromatic heterocycles. The summed E-state index contributed by atoms with van der Waals surface area (Å²) >= 11 is 3.39. The zero-order valence-corrected chi connectivity index (χ0v) is 15.8. The van der Waals surface area contributed by atoms with Crippen molar-refractivity contribution in [1.82, 2.24) is 0 Å². The Bertz CT molecular complexity index is 977. The topological polar surface area (TPSA) is 58.9 Å². The molecule has 0 spiro atoms. The predicted molar refractivity (Wildman–Crippen MR) is 111 cm³/mol. The van der Waals surface area contributed by atoms with E-state index in [1.54, 1.807) is 48.7 Å². The molecule has 3 aromatic carbocycles. The molecule has 0 aliphatic heterocycles. The Labute approximate surface area is 165 Å². The van der Waals surface area contributed by atoms with E-state index >= 15 is 0 Å². The zero-order valence-electron chi connectivity index (χ0n) is 14.2. The number of phenolic OH excluding ortho intramolecular Hbond substituents is 1. The van der Waals surface area contributed by atoms with Crippen molar-refractivity contribution in [2.24, 2.45) is 4.99 Å². The van der Waals surface area contributed by atoms with Gasteiger partial charge >= 0.3 is 5.97 Å². The second kappa shape index (κ2) is 8.96. The van der Waals surface area contributed by atoms with Gasteiger partial charge in [-0.2, -0.15) is 0 Å². The number of halogens is 1. The van der Waals surface area contributed by atoms with Gasteiger partial charge in [-0.1, -0.05) is 28.1 Å². The molecule has 0 saturated carbocycles. The highest BCUT2D eigenvalue weighted by molar-refractivity contribution is 9.10. The minimum Gasteiger partial charge on any atom is -0.508 e. The van der Waals surface area contributed by atoms with E-state index in [0.717, 1.165) is 21.3 Å². The smallest absolute Gasteiger partial charge is 0.336 e. The minimum absolute atomic E-state index is 0.203. The van der Waals surface area contributed by atoms with Gasteiger partial charge in [-0.15, -0.1) is 0 Å². The number of benzene rings is 3. The van der Waals surface area contributed by atoms with E-state index in [4.69, 9.17) is 4.74 Å². The molecule has 0 unspecified atom stereocenters. The van der Waals surface area contributed by atoms with Crippen LogP contribution >= 0.6 is 15.9 Å². The van der Waals surface area contributed by atoms with Gasteiger partial charge in [0, 0.05) is 16.8 Å². The van der Waals surface area contributed by atoms with E-state index < -0.39 is 5.97 Å². The van der Waals surface area contributed by atoms with Crippen molar-refractivity contribution in [3.8, 4) is 11.5 Å². The molecule has 0 radical (unpaired) electrons. The average molecular weight is 422 g/mol. The number of carbonyl (C=O) groups excluding carboxylic acids is 1. The molecule has 1 N–H and O–H groups in total. The second-order valence-corrected chi connectivity index (χ2v) is 6.57. The number of nitrogens with zero attached hydrogens (tertiary/aromatic N) is 1. The lowest BCUT2D eigenvalue weighted by Gasteiger charge is -2.02. The van der Waals surface area contributed by atoms with Gasteiger partial charge in [0.2, 0.25) is 0 Å². The summed E-state index contributed by atoms with van der Waals surface area (Å²) in [5.41, 5.74) is 2.51. The van der Waals surface area contributed by atoms with Gasteiger partial charge in [-0.25, -0.2) is 4.79 Å². The van der Waals surface area contributed by atoms with Crippen molar-refractivity contribution in [2.75, 3.05) is 0 Å². The molecule has 0 aliphatic carbocycles. The Hall–Kier alpha value is -3.18. The lowest BCUT2D eigenvalue weighted by molar-refractivity contribution is -0.128. The van der Waals surface area contributed by atoms with Crippen molar-refractivity contribution in [2.45, 2.75) is 0 Å². The molecule has 134 valence electrons. The molecule has 5 heteroatoms. The van der Waals surface area contributed by atoms with Crippen LogP contribution in [0.25, 0.3) is 6.08 Å². The van der Waals surface area contributed by atoms with Crippen LogP contribution < -0.4 is 4.74 Å². The Morgan fingerprint density at radius 2 is 1.70 bits per heavy atom. The van der Waals surface area contributed by atoms with Gasteiger partial charge < -0.3 is 9.84 Å². The predicted octanol–water partition coefficient (Wildman–Crippen LogP) is 5.52. The highest BCUT2D eigenvalue weighted by Crippen LogP contribution is 2.17. The van der Waals surface area contributed by atoms with Crippen LogP contribution in [0.4, 0.5) is 5.69 Å². The molecular weight excluding hydrogens is 406 g/mol. The quantitative estimate of drug-likeness (QED) is 0.255. The SMILES string of the molecule is O=C(/C=C/c1cccc(Br)c1)Oc1ccc(/C=N/c2ccc(O)cc2)cc1. The number of aromatic hydroxyl groups is 1. The van der Waals surface area contributed by atoms with Crippen LogP contribution in [0, 0.1) is 0 Å². The average Bonchev–Trinajstić information content (AvgIpc) is 2.67. The minimum atomic E-state index is -0.444. The van der Waals surface area contributed by atoms with Crippen LogP contribution in [0.3, 0.4) is 0 Å². The normalized spacial score (nSPS) is 11.1. The first kappa shape index (κ1) is 18.6. The van der Waals surface area contributed by atoms with Gasteiger partial charge in [0.1, 0.15) is 11.5 Å². The summed E-state index contributed by atoms with van der Waals surface area (Å²) in [5, 5.41) is 9.26. The highest BCUT2D eigenvalue weighted by Gasteiger charge is 2.01. The van der Waals surface area contributed by atoms with Crippen LogP contribution in [0.1, 0.15) is 11.1 Å². The molecule has 3 aromatic rings. The first-order valence-corrected chi connectivity index (χ1v) is 8.96. The standard InChI is InChI=1S/C22H16BrNO3/c23-18-3-1-2-16(14-18)6-13-22(26)27-21-11-4-17(5-12-21)15-24-19-7-9-20(25)10-8-19/h1-15,25H/b13-6+,24-15+. The third-order valence-corrected chi connectivity index (χ3v) is 4.06. The Kier molecular flexibility index (Phi) is 6.18. The first-order valence-electron chi connectivity index (χ1n) is 8.17. The summed E-state index contributed by atoms with van der Waals surface area (Å²) in [4.78, 5) is 16.2. The van der Waals surface area contributed by atoms with E-state index in [1.807, 2.05) is 36.4 Å². The number of aliphatic imine (C=N–C) groups is 1. The number of esters is 1. The van der Waals surface area contributed by atoms with Crippen molar-refractivity contribution >= 4 is 39.9 Å². The fourth-order valence-electron chi connectivity index (χ4n) is 2.23. The van der Waals surface area contributed by atoms with Gasteiger partial charge in [-0.05, 0) is 77.9 Å². The van der Waals surface area contributed by atoms with Crippen LogP contribution in [0.2, 0.25) is 0 Å². The molecule has 4 nitrogen and oxygen atoms in total. The Balaban J connectivity index is 1.58. The number of ether oxygens (including phenoxy) is 1. The molecule has 0 fully saturated rings. The highest BCUT2D eigenvalue weighted by atomic mass is 79.9. The van der Waals surface area contributed by atoms with Crippen LogP contribution in [-0.4, -0.2) is 17.3 Å². The maximum atomic E-state index is 11.9. The number of rotatable bonds is 5. The van der Waals surface area contributed by atoms with Gasteiger partial charge in [-0.3, -0.25) is 4.99 Å². The maximum Gasteiger partial charge on any atom is 0.336 e. The maximum absolute atomic E-state index is 11.9. The number of carbonyl (C=O) groups is 1. The molecule has 3 rings (SSSR count). The van der Waals surface area contributed by atoms with Crippen molar-refractivity contribution in [3.63, 3.8) is 0 Å². The molecule has 0 bridgehead atoms. The molecule has 0 saturated heterocycles. The van der Waals surface area contributed by atoms with E-state index in [2.05, 4.69) is 20.9 Å². The summed E-state index contributed by atoms with van der Waals surface area (Å²) in [6.45, 7) is 0. The monoisotopic (exact) mass is 421 g/mol. The van der Waals surface area contributed by atoms with E-state index in [1.165, 1.54) is 6.08 Å². The van der Waals surface area contributed by atoms with Crippen LogP contribution in [0.5, 0.6) is 11.5 Å². The number of hydrogen-bond acceptors (Lipinski definition) is 4.